The number of rotatable bonds is 6. The van der Waals surface area contributed by atoms with Gasteiger partial charge in [0.05, 0.1) is 29.0 Å². The second-order valence-corrected chi connectivity index (χ2v) is 21.4. The van der Waals surface area contributed by atoms with Gasteiger partial charge in [-0.15, -0.1) is 0 Å². The molecule has 6 atom stereocenters. The number of phenolic OH excluding ortho intramolecular Hbond substituents is 2. The Kier molecular flexibility index (Phi) is 14.2. The van der Waals surface area contributed by atoms with Crippen molar-refractivity contribution in [1.29, 1.82) is 0 Å². The van der Waals surface area contributed by atoms with E-state index >= 15 is 0 Å². The van der Waals surface area contributed by atoms with Gasteiger partial charge in [-0.05, 0) is 94.6 Å². The van der Waals surface area contributed by atoms with E-state index in [9.17, 15) is 34.5 Å². The highest BCUT2D eigenvalue weighted by atomic mass is 16.7. The summed E-state index contributed by atoms with van der Waals surface area (Å²) in [6, 6.07) is 10.5. The Hall–Kier alpha value is -6.06. The van der Waals surface area contributed by atoms with Crippen LogP contribution in [0.5, 0.6) is 17.2 Å². The van der Waals surface area contributed by atoms with E-state index in [2.05, 4.69) is 41.2 Å². The first kappa shape index (κ1) is 49.9. The largest absolute Gasteiger partial charge is 0.507 e. The summed E-state index contributed by atoms with van der Waals surface area (Å²) >= 11 is 0. The van der Waals surface area contributed by atoms with Gasteiger partial charge < -0.3 is 44.6 Å². The number of carbonyl (C=O) groups excluding carboxylic acids is 4. The van der Waals surface area contributed by atoms with Gasteiger partial charge in [0.25, 0.3) is 11.7 Å². The molecule has 0 aliphatic carbocycles. The zero-order chi connectivity index (χ0) is 50.4. The van der Waals surface area contributed by atoms with Gasteiger partial charge in [0.2, 0.25) is 5.91 Å². The summed E-state index contributed by atoms with van der Waals surface area (Å²) in [5.41, 5.74) is 1.37. The second-order valence-electron chi connectivity index (χ2n) is 21.4. The number of carbonyl (C=O) groups is 4. The van der Waals surface area contributed by atoms with Gasteiger partial charge >= 0.3 is 11.8 Å². The van der Waals surface area contributed by atoms with Gasteiger partial charge in [0.15, 0.2) is 5.75 Å². The molecular formula is C56H69N5O10. The number of aliphatic hydroxyl groups excluding tert-OH is 1. The summed E-state index contributed by atoms with van der Waals surface area (Å²) in [6.45, 7) is 13.5. The number of fused-ring (bicyclic) bond motifs is 15. The highest BCUT2D eigenvalue weighted by Gasteiger charge is 2.51. The first-order valence-electron chi connectivity index (χ1n) is 25.7. The molecule has 3 fully saturated rings. The number of allylic oxidation sites excluding steroid dienone is 4. The van der Waals surface area contributed by atoms with Crippen LogP contribution in [0.15, 0.2) is 76.5 Å². The summed E-state index contributed by atoms with van der Waals surface area (Å²) in [5, 5.41) is 39.1. The number of esters is 1. The molecule has 4 N–H and O–H groups in total. The molecule has 3 saturated heterocycles. The number of aliphatic hydroxyl groups is 1. The maximum Gasteiger partial charge on any atom is 0.315 e. The Labute approximate surface area is 415 Å². The first-order valence-corrected chi connectivity index (χ1v) is 25.7. The predicted octanol–water partition coefficient (Wildman–Crippen LogP) is 7.72. The topological polar surface area (TPSA) is 200 Å². The van der Waals surface area contributed by atoms with Crippen molar-refractivity contribution in [1.82, 2.24) is 9.80 Å². The highest BCUT2D eigenvalue weighted by molar-refractivity contribution is 6.21. The number of likely N-dealkylation sites (tertiary alicyclic amines) is 1. The van der Waals surface area contributed by atoms with Crippen LogP contribution in [-0.4, -0.2) is 104 Å². The van der Waals surface area contributed by atoms with Crippen molar-refractivity contribution in [2.24, 2.45) is 21.8 Å². The number of benzene rings is 3. The molecule has 7 bridgehead atoms. The zero-order valence-corrected chi connectivity index (χ0v) is 41.9. The second kappa shape index (κ2) is 20.2. The fourth-order valence-corrected chi connectivity index (χ4v) is 11.7. The van der Waals surface area contributed by atoms with Crippen molar-refractivity contribution >= 4 is 40.0 Å². The molecule has 7 aliphatic heterocycles. The highest BCUT2D eigenvalue weighted by Crippen LogP contribution is 2.51. The van der Waals surface area contributed by atoms with Crippen LogP contribution in [0.4, 0.5) is 5.69 Å². The lowest BCUT2D eigenvalue weighted by Crippen LogP contribution is -2.47. The van der Waals surface area contributed by atoms with Gasteiger partial charge in [-0.3, -0.25) is 24.2 Å². The molecule has 15 heteroatoms. The summed E-state index contributed by atoms with van der Waals surface area (Å²) in [6.07, 6.45) is 13.0. The maximum atomic E-state index is 14.8. The monoisotopic (exact) mass is 972 g/mol. The average molecular weight is 972 g/mol. The summed E-state index contributed by atoms with van der Waals surface area (Å²) in [5.74, 6) is -3.84. The number of nitrogens with one attached hydrogen (secondary N) is 1. The molecule has 7 heterocycles. The van der Waals surface area contributed by atoms with E-state index in [0.29, 0.717) is 56.0 Å². The molecule has 15 nitrogen and oxygen atoms in total. The van der Waals surface area contributed by atoms with E-state index in [1.54, 1.807) is 32.1 Å². The summed E-state index contributed by atoms with van der Waals surface area (Å²) in [7, 11) is 0. The Balaban J connectivity index is 0.988. The summed E-state index contributed by atoms with van der Waals surface area (Å²) < 4.78 is 18.4. The van der Waals surface area contributed by atoms with E-state index < -0.39 is 47.1 Å². The van der Waals surface area contributed by atoms with Crippen LogP contribution in [0.3, 0.4) is 0 Å². The molecule has 1 spiro atoms. The van der Waals surface area contributed by atoms with Crippen molar-refractivity contribution in [2.45, 2.75) is 160 Å². The number of anilines is 1. The number of piperidine rings is 2. The Morgan fingerprint density at radius 1 is 0.944 bits per heavy atom. The van der Waals surface area contributed by atoms with Gasteiger partial charge in [0.1, 0.15) is 40.4 Å². The molecule has 0 aromatic heterocycles. The molecule has 378 valence electrons. The number of amides is 2. The Morgan fingerprint density at radius 2 is 1.66 bits per heavy atom. The van der Waals surface area contributed by atoms with Gasteiger partial charge in [-0.25, -0.2) is 4.99 Å². The average Bonchev–Trinajstić information content (AvgIpc) is 3.93. The quantitative estimate of drug-likeness (QED) is 0.107. The van der Waals surface area contributed by atoms with Crippen LogP contribution >= 0.6 is 0 Å². The van der Waals surface area contributed by atoms with Crippen LogP contribution in [0.25, 0.3) is 10.8 Å². The lowest BCUT2D eigenvalue weighted by Gasteiger charge is -2.39. The predicted molar refractivity (Wildman–Crippen MR) is 268 cm³/mol. The SMILES string of the molecule is C/C1=C/C=C/C(C)CCC(O)C[C@H](OC(=O)CC(=O)N2C3CCC2CC(c2ccccc2)C3)CC/C=C/OC2(C)Oc3c(C)c(O)c4c(O)c(c5c(c4c3C2=O)NC2(CCN(CC(C)C)CC2)N=5)=NC1=O. The lowest BCUT2D eigenvalue weighted by atomic mass is 9.85. The van der Waals surface area contributed by atoms with E-state index in [1.807, 2.05) is 36.1 Å². The number of hydrogen-bond acceptors (Lipinski definition) is 13. The molecule has 10 rings (SSSR count). The minimum atomic E-state index is -1.89. The van der Waals surface area contributed by atoms with E-state index in [1.165, 1.54) is 18.7 Å². The number of nitrogens with zero attached hydrogens (tertiary/aromatic N) is 4. The normalized spacial score (nSPS) is 29.4. The molecule has 3 aromatic rings. The molecular weight excluding hydrogens is 903 g/mol. The van der Waals surface area contributed by atoms with E-state index in [-0.39, 0.29) is 86.4 Å². The fraction of sp³-hybridized carbons (Fsp3) is 0.536. The fourth-order valence-electron chi connectivity index (χ4n) is 11.7. The zero-order valence-electron chi connectivity index (χ0n) is 41.9. The van der Waals surface area contributed by atoms with Crippen LogP contribution in [0.2, 0.25) is 0 Å². The van der Waals surface area contributed by atoms with Gasteiger partial charge in [-0.2, -0.15) is 0 Å². The minimum Gasteiger partial charge on any atom is -0.507 e. The van der Waals surface area contributed by atoms with Gasteiger partial charge in [0, 0.05) is 74.4 Å². The van der Waals surface area contributed by atoms with Crippen LogP contribution in [-0.2, 0) is 23.9 Å². The smallest absolute Gasteiger partial charge is 0.315 e. The van der Waals surface area contributed by atoms with Crippen molar-refractivity contribution in [3.05, 3.63) is 93.9 Å². The third-order valence-electron chi connectivity index (χ3n) is 15.5. The molecule has 71 heavy (non-hydrogen) atoms. The number of aromatic hydroxyl groups is 2. The van der Waals surface area contributed by atoms with Crippen molar-refractivity contribution in [2.75, 3.05) is 25.0 Å². The third kappa shape index (κ3) is 10.1. The number of ether oxygens (including phenoxy) is 3. The minimum absolute atomic E-state index is 0.00577. The maximum absolute atomic E-state index is 14.8. The van der Waals surface area contributed by atoms with Crippen molar-refractivity contribution in [3.8, 4) is 17.2 Å². The van der Waals surface area contributed by atoms with Crippen molar-refractivity contribution < 1.29 is 48.7 Å². The van der Waals surface area contributed by atoms with E-state index in [0.717, 1.165) is 45.3 Å². The third-order valence-corrected chi connectivity index (χ3v) is 15.5. The first-order chi connectivity index (χ1) is 33.9. The Morgan fingerprint density at radius 3 is 2.37 bits per heavy atom. The Bertz CT molecular complexity index is 2800. The molecule has 0 saturated carbocycles. The number of hydrogen-bond donors (Lipinski definition) is 4. The number of phenols is 2. The van der Waals surface area contributed by atoms with E-state index in [4.69, 9.17) is 19.2 Å². The molecule has 7 aliphatic rings. The summed E-state index contributed by atoms with van der Waals surface area (Å²) in [4.78, 5) is 69.9. The molecule has 5 unspecified atom stereocenters. The molecule has 2 amide bonds. The van der Waals surface area contributed by atoms with Crippen molar-refractivity contribution in [3.63, 3.8) is 0 Å². The number of ketones is 1. The standard InChI is InChI=1S/C56H69N5O10/c1-32(2)31-60-24-22-56(23-25-60)58-47-44-45-50(65)35(5)52-46(44)53(67)55(6,71-52)69-26-11-10-17-41(29-40(62)21-18-33(3)13-12-14-34(4)54(68)57-49(51(45)66)48(47)59-56)70-43(64)30-42(63)61-38-19-20-39(61)28-37(27-38)36-15-8-7-9-16-36/h7-9,11-16,26,32-33,37-41,58,62,65-66H,10,17-25,27-31H2,1-6H3/b13-12+,26-11+,34-14-,57-49?/t33?,37?,38?,39?,40?,41-,55?/m1/s1. The van der Waals surface area contributed by atoms with Crippen LogP contribution in [0.1, 0.15) is 139 Å². The molecule has 3 aromatic carbocycles. The lowest BCUT2D eigenvalue weighted by molar-refractivity contribution is -0.156. The number of Topliss-reactive ketones (excluding diaryl/α,β-unsaturated/α-hetero) is 1. The molecule has 0 radical (unpaired) electrons. The van der Waals surface area contributed by atoms with Crippen LogP contribution in [0, 0.1) is 18.8 Å². The van der Waals surface area contributed by atoms with Crippen LogP contribution < -0.4 is 20.8 Å². The van der Waals surface area contributed by atoms with Gasteiger partial charge in [-0.1, -0.05) is 69.3 Å².